The van der Waals surface area contributed by atoms with Crippen molar-refractivity contribution in [1.82, 2.24) is 4.90 Å². The average molecular weight is 419 g/mol. The van der Waals surface area contributed by atoms with Crippen LogP contribution < -0.4 is 10.5 Å². The number of benzene rings is 1. The van der Waals surface area contributed by atoms with Crippen LogP contribution in [0.15, 0.2) is 18.2 Å². The third-order valence-corrected chi connectivity index (χ3v) is 7.00. The number of nitrogens with zero attached hydrogens (tertiary/aromatic N) is 1. The molecule has 1 amide bonds. The minimum absolute atomic E-state index is 0.0650. The van der Waals surface area contributed by atoms with Gasteiger partial charge in [-0.05, 0) is 68.9 Å². The molecule has 0 radical (unpaired) electrons. The molecule has 4 rings (SSSR count). The first-order valence-corrected chi connectivity index (χ1v) is 10.9. The highest BCUT2D eigenvalue weighted by molar-refractivity contribution is 5.68. The third-order valence-electron chi connectivity index (χ3n) is 7.00. The Bertz CT molecular complexity index is 804. The Hall–Kier alpha value is -2.15. The number of nitrogens with two attached hydrogens (primary N) is 1. The minimum Gasteiger partial charge on any atom is -0.493 e. The zero-order valence-corrected chi connectivity index (χ0v) is 17.6. The van der Waals surface area contributed by atoms with E-state index in [-0.39, 0.29) is 23.7 Å². The fourth-order valence-corrected chi connectivity index (χ4v) is 4.54. The molecule has 1 heterocycles. The number of likely N-dealkylation sites (tertiary alicyclic amines) is 1. The summed E-state index contributed by atoms with van der Waals surface area (Å²) in [6, 6.07) is 4.59. The quantitative estimate of drug-likeness (QED) is 0.654. The van der Waals surface area contributed by atoms with Crippen molar-refractivity contribution in [2.24, 2.45) is 17.6 Å². The number of ether oxygens (including phenoxy) is 2. The molecule has 3 aliphatic rings. The van der Waals surface area contributed by atoms with Gasteiger partial charge in [0.25, 0.3) is 0 Å². The normalized spacial score (nSPS) is 27.4. The highest BCUT2D eigenvalue weighted by Gasteiger charge is 2.54. The molecule has 0 bridgehead atoms. The summed E-state index contributed by atoms with van der Waals surface area (Å²) in [6.07, 6.45) is 6.10. The summed E-state index contributed by atoms with van der Waals surface area (Å²) < 4.78 is 25.2. The number of amides is 1. The molecule has 1 aliphatic heterocycles. The molecule has 0 aromatic heterocycles. The molecule has 164 valence electrons. The first-order chi connectivity index (χ1) is 14.3. The molecule has 1 saturated heterocycles. The van der Waals surface area contributed by atoms with Crippen LogP contribution in [-0.4, -0.2) is 48.1 Å². The summed E-state index contributed by atoms with van der Waals surface area (Å²) in [4.78, 5) is 24.6. The van der Waals surface area contributed by atoms with Gasteiger partial charge >= 0.3 is 6.09 Å². The maximum atomic E-state index is 13.9. The molecular formula is C23H31FN2O4. The van der Waals surface area contributed by atoms with Gasteiger partial charge in [-0.3, -0.25) is 0 Å². The van der Waals surface area contributed by atoms with Crippen molar-refractivity contribution in [2.45, 2.75) is 63.0 Å². The van der Waals surface area contributed by atoms with Gasteiger partial charge < -0.3 is 24.9 Å². The van der Waals surface area contributed by atoms with Crippen LogP contribution in [0.25, 0.3) is 0 Å². The summed E-state index contributed by atoms with van der Waals surface area (Å²) in [5.74, 6) is 1.01. The van der Waals surface area contributed by atoms with Crippen LogP contribution in [0.1, 0.15) is 51.0 Å². The summed E-state index contributed by atoms with van der Waals surface area (Å²) in [5.41, 5.74) is 6.48. The third kappa shape index (κ3) is 4.77. The number of aldehydes is 1. The van der Waals surface area contributed by atoms with E-state index < -0.39 is 5.82 Å². The number of halogens is 1. The maximum absolute atomic E-state index is 13.9. The van der Waals surface area contributed by atoms with E-state index in [4.69, 9.17) is 15.2 Å². The van der Waals surface area contributed by atoms with E-state index in [1.807, 2.05) is 11.8 Å². The number of carbonyl (C=O) groups excluding carboxylic acids is 2. The van der Waals surface area contributed by atoms with E-state index in [0.717, 1.165) is 51.6 Å². The van der Waals surface area contributed by atoms with Gasteiger partial charge in [-0.2, -0.15) is 0 Å². The fourth-order valence-electron chi connectivity index (χ4n) is 4.54. The van der Waals surface area contributed by atoms with Crippen molar-refractivity contribution in [1.29, 1.82) is 0 Å². The lowest BCUT2D eigenvalue weighted by atomic mass is 9.89. The molecule has 2 unspecified atom stereocenters. The van der Waals surface area contributed by atoms with Crippen molar-refractivity contribution < 1.29 is 23.5 Å². The largest absolute Gasteiger partial charge is 0.493 e. The molecule has 2 N–H and O–H groups in total. The summed E-state index contributed by atoms with van der Waals surface area (Å²) >= 11 is 0. The highest BCUT2D eigenvalue weighted by Crippen LogP contribution is 2.51. The molecule has 2 saturated carbocycles. The van der Waals surface area contributed by atoms with Gasteiger partial charge in [-0.1, -0.05) is 6.07 Å². The second kappa shape index (κ2) is 8.17. The molecule has 3 fully saturated rings. The number of carbonyl (C=O) groups is 2. The predicted octanol–water partition coefficient (Wildman–Crippen LogP) is 3.45. The average Bonchev–Trinajstić information content (AvgIpc) is 3.61. The predicted molar refractivity (Wildman–Crippen MR) is 110 cm³/mol. The molecule has 1 aromatic carbocycles. The van der Waals surface area contributed by atoms with Gasteiger partial charge in [0.15, 0.2) is 0 Å². The molecule has 7 heteroatoms. The van der Waals surface area contributed by atoms with Crippen molar-refractivity contribution in [2.75, 3.05) is 19.7 Å². The van der Waals surface area contributed by atoms with Crippen LogP contribution >= 0.6 is 0 Å². The Labute approximate surface area is 176 Å². The topological polar surface area (TPSA) is 81.9 Å². The lowest BCUT2D eigenvalue weighted by Gasteiger charge is -2.33. The van der Waals surface area contributed by atoms with Gasteiger partial charge in [0.05, 0.1) is 6.61 Å². The number of piperidine rings is 1. The van der Waals surface area contributed by atoms with Crippen molar-refractivity contribution >= 4 is 12.4 Å². The molecule has 2 aliphatic carbocycles. The SMILES string of the molecule is CC1(OC(=O)N2CCC(C3CC3(N)CCOc3ccc(CC=O)c(F)c3)CC2)CC1. The zero-order chi connectivity index (χ0) is 21.4. The van der Waals surface area contributed by atoms with E-state index in [1.54, 1.807) is 12.1 Å². The summed E-state index contributed by atoms with van der Waals surface area (Å²) in [6.45, 7) is 3.88. The monoisotopic (exact) mass is 418 g/mol. The summed E-state index contributed by atoms with van der Waals surface area (Å²) in [7, 11) is 0. The second-order valence-corrected chi connectivity index (χ2v) is 9.41. The Morgan fingerprint density at radius 1 is 1.33 bits per heavy atom. The van der Waals surface area contributed by atoms with E-state index in [0.29, 0.717) is 36.0 Å². The first-order valence-electron chi connectivity index (χ1n) is 10.9. The second-order valence-electron chi connectivity index (χ2n) is 9.41. The van der Waals surface area contributed by atoms with Crippen molar-refractivity contribution in [3.63, 3.8) is 0 Å². The van der Waals surface area contributed by atoms with Crippen LogP contribution in [0.2, 0.25) is 0 Å². The molecule has 6 nitrogen and oxygen atoms in total. The maximum Gasteiger partial charge on any atom is 0.410 e. The smallest absolute Gasteiger partial charge is 0.410 e. The van der Waals surface area contributed by atoms with E-state index >= 15 is 0 Å². The van der Waals surface area contributed by atoms with Crippen LogP contribution in [0, 0.1) is 17.7 Å². The minimum atomic E-state index is -0.424. The van der Waals surface area contributed by atoms with Gasteiger partial charge in [-0.15, -0.1) is 0 Å². The summed E-state index contributed by atoms with van der Waals surface area (Å²) in [5, 5.41) is 0. The Balaban J connectivity index is 1.19. The van der Waals surface area contributed by atoms with Gasteiger partial charge in [0.1, 0.15) is 23.5 Å². The fraction of sp³-hybridized carbons (Fsp3) is 0.652. The highest BCUT2D eigenvalue weighted by atomic mass is 19.1. The Morgan fingerprint density at radius 3 is 2.70 bits per heavy atom. The van der Waals surface area contributed by atoms with E-state index in [2.05, 4.69) is 0 Å². The van der Waals surface area contributed by atoms with Crippen LogP contribution in [-0.2, 0) is 16.0 Å². The lowest BCUT2D eigenvalue weighted by molar-refractivity contribution is -0.107. The van der Waals surface area contributed by atoms with Gasteiger partial charge in [0.2, 0.25) is 0 Å². The van der Waals surface area contributed by atoms with Crippen LogP contribution in [0.4, 0.5) is 9.18 Å². The van der Waals surface area contributed by atoms with Crippen molar-refractivity contribution in [3.05, 3.63) is 29.6 Å². The van der Waals surface area contributed by atoms with Crippen LogP contribution in [0.3, 0.4) is 0 Å². The number of hydrogen-bond acceptors (Lipinski definition) is 5. The number of hydrogen-bond donors (Lipinski definition) is 1. The van der Waals surface area contributed by atoms with Crippen molar-refractivity contribution in [3.8, 4) is 5.75 Å². The van der Waals surface area contributed by atoms with Crippen LogP contribution in [0.5, 0.6) is 5.75 Å². The zero-order valence-electron chi connectivity index (χ0n) is 17.6. The molecule has 2 atom stereocenters. The van der Waals surface area contributed by atoms with E-state index in [1.165, 1.54) is 6.07 Å². The Kier molecular flexibility index (Phi) is 5.75. The molecule has 0 spiro atoms. The molecular weight excluding hydrogens is 387 g/mol. The molecule has 1 aromatic rings. The molecule has 30 heavy (non-hydrogen) atoms. The number of rotatable bonds is 8. The lowest BCUT2D eigenvalue weighted by Crippen LogP contribution is -2.42. The first kappa shape index (κ1) is 21.1. The van der Waals surface area contributed by atoms with Gasteiger partial charge in [0, 0.05) is 31.1 Å². The van der Waals surface area contributed by atoms with Gasteiger partial charge in [-0.25, -0.2) is 9.18 Å². The standard InChI is InChI=1S/C23H31FN2O4/c1-22(7-8-22)30-21(28)26-10-4-16(5-11-26)19-15-23(19,25)9-13-29-18-3-2-17(6-12-27)20(24)14-18/h2-3,12,14,16,19H,4-11,13,15,25H2,1H3. The van der Waals surface area contributed by atoms with E-state index in [9.17, 15) is 14.0 Å². The Morgan fingerprint density at radius 2 is 2.07 bits per heavy atom.